The molecule has 0 atom stereocenters. The molecule has 0 aliphatic carbocycles. The summed E-state index contributed by atoms with van der Waals surface area (Å²) in [7, 11) is 0. The summed E-state index contributed by atoms with van der Waals surface area (Å²) in [5.74, 6) is 0.0386. The van der Waals surface area contributed by atoms with Crippen molar-refractivity contribution >= 4 is 23.4 Å². The molecule has 0 radical (unpaired) electrons. The first kappa shape index (κ1) is 10.8. The summed E-state index contributed by atoms with van der Waals surface area (Å²) in [6.45, 7) is 1.55. The molecule has 0 unspecified atom stereocenters. The second kappa shape index (κ2) is 4.41. The maximum absolute atomic E-state index is 11.5. The van der Waals surface area contributed by atoms with E-state index in [1.807, 2.05) is 24.3 Å². The molecule has 0 bridgehead atoms. The van der Waals surface area contributed by atoms with Crippen LogP contribution < -0.4 is 0 Å². The number of thiophene rings is 1. The van der Waals surface area contributed by atoms with Crippen LogP contribution in [0.25, 0.3) is 10.4 Å². The molecule has 0 aliphatic heterocycles. The molecule has 1 heterocycles. The first-order valence-corrected chi connectivity index (χ1v) is 5.69. The average molecular weight is 230 g/mol. The van der Waals surface area contributed by atoms with Crippen molar-refractivity contribution in [2.45, 2.75) is 6.92 Å². The fourth-order valence-corrected chi connectivity index (χ4v) is 2.43. The van der Waals surface area contributed by atoms with Crippen molar-refractivity contribution in [3.05, 3.63) is 46.8 Å². The molecule has 0 N–H and O–H groups in total. The average Bonchev–Trinajstić information content (AvgIpc) is 2.77. The second-order valence-corrected chi connectivity index (χ2v) is 4.54. The Morgan fingerprint density at radius 2 is 1.94 bits per heavy atom. The number of carbonyl (C=O) groups excluding carboxylic acids is 2. The van der Waals surface area contributed by atoms with Crippen LogP contribution in [-0.2, 0) is 0 Å². The molecular weight excluding hydrogens is 220 g/mol. The minimum Gasteiger partial charge on any atom is -0.297 e. The first-order valence-electron chi connectivity index (χ1n) is 4.87. The van der Waals surface area contributed by atoms with E-state index in [-0.39, 0.29) is 5.78 Å². The topological polar surface area (TPSA) is 34.1 Å². The molecule has 0 fully saturated rings. The molecule has 2 aromatic rings. The highest BCUT2D eigenvalue weighted by Crippen LogP contribution is 2.30. The maximum atomic E-state index is 11.5. The number of Topliss-reactive ketones (excluding diaryl/α,β-unsaturated/α-hetero) is 1. The molecule has 0 spiro atoms. The summed E-state index contributed by atoms with van der Waals surface area (Å²) < 4.78 is 0. The third-order valence-electron chi connectivity index (χ3n) is 2.31. The van der Waals surface area contributed by atoms with Gasteiger partial charge in [-0.15, -0.1) is 11.3 Å². The summed E-state index contributed by atoms with van der Waals surface area (Å²) in [6.07, 6.45) is 0.824. The van der Waals surface area contributed by atoms with Crippen molar-refractivity contribution in [2.75, 3.05) is 0 Å². The lowest BCUT2D eigenvalue weighted by Gasteiger charge is -2.03. The Balaban J connectivity index is 2.54. The van der Waals surface area contributed by atoms with Gasteiger partial charge in [-0.2, -0.15) is 0 Å². The number of carbonyl (C=O) groups is 2. The van der Waals surface area contributed by atoms with Crippen molar-refractivity contribution in [2.24, 2.45) is 0 Å². The van der Waals surface area contributed by atoms with Gasteiger partial charge < -0.3 is 0 Å². The van der Waals surface area contributed by atoms with E-state index in [0.717, 1.165) is 16.7 Å². The minimum atomic E-state index is 0.0386. The van der Waals surface area contributed by atoms with Crippen LogP contribution in [0.1, 0.15) is 27.0 Å². The Morgan fingerprint density at radius 3 is 2.56 bits per heavy atom. The van der Waals surface area contributed by atoms with Crippen LogP contribution in [0.5, 0.6) is 0 Å². The highest BCUT2D eigenvalue weighted by Gasteiger charge is 2.10. The molecule has 2 nitrogen and oxygen atoms in total. The van der Waals surface area contributed by atoms with E-state index in [2.05, 4.69) is 0 Å². The molecule has 0 saturated heterocycles. The van der Waals surface area contributed by atoms with Gasteiger partial charge in [0.15, 0.2) is 12.1 Å². The normalized spacial score (nSPS) is 10.1. The van der Waals surface area contributed by atoms with Crippen LogP contribution in [0, 0.1) is 0 Å². The molecule has 80 valence electrons. The highest BCUT2D eigenvalue weighted by atomic mass is 32.1. The summed E-state index contributed by atoms with van der Waals surface area (Å²) >= 11 is 1.40. The van der Waals surface area contributed by atoms with Crippen LogP contribution in [0.4, 0.5) is 0 Å². The predicted molar refractivity (Wildman–Crippen MR) is 65.1 cm³/mol. The van der Waals surface area contributed by atoms with Crippen molar-refractivity contribution in [1.82, 2.24) is 0 Å². The van der Waals surface area contributed by atoms with Gasteiger partial charge in [-0.05, 0) is 19.1 Å². The standard InChI is InChI=1S/C13H10O2S/c1-9(15)11-4-2-3-5-12(11)13-7-6-10(8-14)16-13/h2-8H,1H3. The van der Waals surface area contributed by atoms with Gasteiger partial charge in [0.25, 0.3) is 0 Å². The van der Waals surface area contributed by atoms with E-state index in [1.165, 1.54) is 11.3 Å². The summed E-state index contributed by atoms with van der Waals surface area (Å²) in [6, 6.07) is 11.1. The first-order chi connectivity index (χ1) is 7.72. The van der Waals surface area contributed by atoms with E-state index in [0.29, 0.717) is 10.4 Å². The number of rotatable bonds is 3. The van der Waals surface area contributed by atoms with Crippen LogP contribution in [0.3, 0.4) is 0 Å². The quantitative estimate of drug-likeness (QED) is 0.598. The number of ketones is 1. The molecule has 3 heteroatoms. The molecule has 1 aromatic carbocycles. The van der Waals surface area contributed by atoms with Gasteiger partial charge in [-0.25, -0.2) is 0 Å². The third-order valence-corrected chi connectivity index (χ3v) is 3.36. The summed E-state index contributed by atoms with van der Waals surface area (Å²) in [4.78, 5) is 23.7. The Hall–Kier alpha value is -1.74. The highest BCUT2D eigenvalue weighted by molar-refractivity contribution is 7.17. The maximum Gasteiger partial charge on any atom is 0.160 e. The van der Waals surface area contributed by atoms with Crippen molar-refractivity contribution in [3.63, 3.8) is 0 Å². The summed E-state index contributed by atoms with van der Waals surface area (Å²) in [5, 5.41) is 0. The lowest BCUT2D eigenvalue weighted by molar-refractivity contribution is 0.101. The number of hydrogen-bond acceptors (Lipinski definition) is 3. The fraction of sp³-hybridized carbons (Fsp3) is 0.0769. The molecule has 0 amide bonds. The SMILES string of the molecule is CC(=O)c1ccccc1-c1ccc(C=O)s1. The molecular formula is C13H10O2S. The van der Waals surface area contributed by atoms with E-state index >= 15 is 0 Å². The lowest BCUT2D eigenvalue weighted by Crippen LogP contribution is -1.94. The van der Waals surface area contributed by atoms with Crippen molar-refractivity contribution in [3.8, 4) is 10.4 Å². The molecule has 0 aliphatic rings. The number of hydrogen-bond donors (Lipinski definition) is 0. The van der Waals surface area contributed by atoms with Gasteiger partial charge >= 0.3 is 0 Å². The lowest BCUT2D eigenvalue weighted by atomic mass is 10.0. The van der Waals surface area contributed by atoms with Crippen molar-refractivity contribution < 1.29 is 9.59 Å². The number of aldehydes is 1. The van der Waals surface area contributed by atoms with Gasteiger partial charge in [-0.3, -0.25) is 9.59 Å². The fourth-order valence-electron chi connectivity index (χ4n) is 1.57. The van der Waals surface area contributed by atoms with Gasteiger partial charge in [0.2, 0.25) is 0 Å². The smallest absolute Gasteiger partial charge is 0.160 e. The van der Waals surface area contributed by atoms with Gasteiger partial charge in [0.05, 0.1) is 4.88 Å². The number of benzene rings is 1. The third kappa shape index (κ3) is 1.95. The van der Waals surface area contributed by atoms with Gasteiger partial charge in [-0.1, -0.05) is 24.3 Å². The predicted octanol–water partition coefficient (Wildman–Crippen LogP) is 3.43. The van der Waals surface area contributed by atoms with Crippen molar-refractivity contribution in [1.29, 1.82) is 0 Å². The zero-order valence-corrected chi connectivity index (χ0v) is 9.58. The zero-order valence-electron chi connectivity index (χ0n) is 8.77. The Kier molecular flexibility index (Phi) is 2.97. The van der Waals surface area contributed by atoms with E-state index < -0.39 is 0 Å². The van der Waals surface area contributed by atoms with Crippen LogP contribution >= 0.6 is 11.3 Å². The molecule has 1 aromatic heterocycles. The van der Waals surface area contributed by atoms with Crippen LogP contribution in [-0.4, -0.2) is 12.1 Å². The monoisotopic (exact) mass is 230 g/mol. The summed E-state index contributed by atoms with van der Waals surface area (Å²) in [5.41, 5.74) is 1.59. The van der Waals surface area contributed by atoms with E-state index in [1.54, 1.807) is 19.1 Å². The minimum absolute atomic E-state index is 0.0386. The Morgan fingerprint density at radius 1 is 1.19 bits per heavy atom. The van der Waals surface area contributed by atoms with E-state index in [4.69, 9.17) is 0 Å². The van der Waals surface area contributed by atoms with Crippen LogP contribution in [0.15, 0.2) is 36.4 Å². The molecule has 0 saturated carbocycles. The largest absolute Gasteiger partial charge is 0.297 e. The van der Waals surface area contributed by atoms with E-state index in [9.17, 15) is 9.59 Å². The Bertz CT molecular complexity index is 540. The Labute approximate surface area is 97.5 Å². The second-order valence-electron chi connectivity index (χ2n) is 3.42. The van der Waals surface area contributed by atoms with Crippen LogP contribution in [0.2, 0.25) is 0 Å². The van der Waals surface area contributed by atoms with Gasteiger partial charge in [0.1, 0.15) is 0 Å². The zero-order chi connectivity index (χ0) is 11.5. The molecule has 2 rings (SSSR count). The van der Waals surface area contributed by atoms with Gasteiger partial charge in [0, 0.05) is 16.0 Å². The molecule has 16 heavy (non-hydrogen) atoms.